The van der Waals surface area contributed by atoms with Crippen molar-refractivity contribution in [1.82, 2.24) is 5.32 Å². The Morgan fingerprint density at radius 2 is 1.95 bits per heavy atom. The molecule has 0 aliphatic heterocycles. The highest BCUT2D eigenvalue weighted by molar-refractivity contribution is 5.85. The summed E-state index contributed by atoms with van der Waals surface area (Å²) in [5.74, 6) is 0.650. The first-order valence-electron chi connectivity index (χ1n) is 7.13. The second kappa shape index (κ2) is 6.75. The molecule has 0 bridgehead atoms. The van der Waals surface area contributed by atoms with Gasteiger partial charge < -0.3 is 15.8 Å². The van der Waals surface area contributed by atoms with Crippen LogP contribution < -0.4 is 15.8 Å². The van der Waals surface area contributed by atoms with Crippen molar-refractivity contribution in [2.24, 2.45) is 5.73 Å². The standard InChI is InChI=1S/C16H26N2O2/c1-6-16(5,17)15(19)18-12(4)13-9-7-8-10-14(13)20-11(2)3/h7-12H,6,17H2,1-5H3,(H,18,19). The predicted octanol–water partition coefficient (Wildman–Crippen LogP) is 2.78. The van der Waals surface area contributed by atoms with Gasteiger partial charge in [0, 0.05) is 5.56 Å². The summed E-state index contributed by atoms with van der Waals surface area (Å²) in [6.45, 7) is 9.54. The Hall–Kier alpha value is -1.55. The van der Waals surface area contributed by atoms with Gasteiger partial charge in [-0.05, 0) is 40.2 Å². The smallest absolute Gasteiger partial charge is 0.240 e. The maximum absolute atomic E-state index is 12.1. The highest BCUT2D eigenvalue weighted by Crippen LogP contribution is 2.26. The molecule has 1 aromatic carbocycles. The first-order chi connectivity index (χ1) is 9.27. The molecular formula is C16H26N2O2. The molecule has 1 amide bonds. The van der Waals surface area contributed by atoms with E-state index in [0.717, 1.165) is 11.3 Å². The van der Waals surface area contributed by atoms with Gasteiger partial charge in [0.15, 0.2) is 0 Å². The van der Waals surface area contributed by atoms with Gasteiger partial charge in [0.2, 0.25) is 5.91 Å². The Balaban J connectivity index is 2.87. The number of hydrogen-bond acceptors (Lipinski definition) is 3. The van der Waals surface area contributed by atoms with E-state index in [2.05, 4.69) is 5.32 Å². The van der Waals surface area contributed by atoms with E-state index >= 15 is 0 Å². The fraction of sp³-hybridized carbons (Fsp3) is 0.562. The van der Waals surface area contributed by atoms with Gasteiger partial charge in [-0.2, -0.15) is 0 Å². The van der Waals surface area contributed by atoms with Crippen molar-refractivity contribution in [2.75, 3.05) is 0 Å². The van der Waals surface area contributed by atoms with Crippen LogP contribution in [0.4, 0.5) is 0 Å². The molecule has 2 unspecified atom stereocenters. The molecule has 20 heavy (non-hydrogen) atoms. The normalized spacial score (nSPS) is 15.6. The molecule has 0 spiro atoms. The lowest BCUT2D eigenvalue weighted by atomic mass is 9.98. The van der Waals surface area contributed by atoms with Crippen LogP contribution in [-0.4, -0.2) is 17.6 Å². The highest BCUT2D eigenvalue weighted by atomic mass is 16.5. The summed E-state index contributed by atoms with van der Waals surface area (Å²) < 4.78 is 5.78. The van der Waals surface area contributed by atoms with Gasteiger partial charge in [0.05, 0.1) is 17.7 Å². The molecule has 0 fully saturated rings. The SMILES string of the molecule is CCC(C)(N)C(=O)NC(C)c1ccccc1OC(C)C. The molecule has 0 saturated carbocycles. The number of benzene rings is 1. The summed E-state index contributed by atoms with van der Waals surface area (Å²) in [7, 11) is 0. The highest BCUT2D eigenvalue weighted by Gasteiger charge is 2.27. The molecule has 0 aliphatic carbocycles. The molecule has 4 heteroatoms. The number of nitrogens with two attached hydrogens (primary N) is 1. The fourth-order valence-corrected chi connectivity index (χ4v) is 1.80. The lowest BCUT2D eigenvalue weighted by Gasteiger charge is -2.26. The van der Waals surface area contributed by atoms with Crippen molar-refractivity contribution in [3.63, 3.8) is 0 Å². The molecule has 112 valence electrons. The number of para-hydroxylation sites is 1. The van der Waals surface area contributed by atoms with Crippen LogP contribution in [0.1, 0.15) is 52.6 Å². The van der Waals surface area contributed by atoms with Crippen LogP contribution in [0.3, 0.4) is 0 Å². The molecule has 0 saturated heterocycles. The lowest BCUT2D eigenvalue weighted by molar-refractivity contribution is -0.126. The second-order valence-corrected chi connectivity index (χ2v) is 5.67. The summed E-state index contributed by atoms with van der Waals surface area (Å²) in [5.41, 5.74) is 6.08. The zero-order chi connectivity index (χ0) is 15.3. The van der Waals surface area contributed by atoms with E-state index in [1.54, 1.807) is 6.92 Å². The number of carbonyl (C=O) groups excluding carboxylic acids is 1. The molecule has 0 aliphatic rings. The number of amides is 1. The number of ether oxygens (including phenoxy) is 1. The Morgan fingerprint density at radius 3 is 2.50 bits per heavy atom. The zero-order valence-electron chi connectivity index (χ0n) is 13.1. The molecule has 0 radical (unpaired) electrons. The Labute approximate surface area is 121 Å². The number of hydrogen-bond donors (Lipinski definition) is 2. The van der Waals surface area contributed by atoms with Crippen LogP contribution >= 0.6 is 0 Å². The van der Waals surface area contributed by atoms with E-state index in [1.165, 1.54) is 0 Å². The van der Waals surface area contributed by atoms with Gasteiger partial charge >= 0.3 is 0 Å². The average molecular weight is 278 g/mol. The van der Waals surface area contributed by atoms with E-state index in [4.69, 9.17) is 10.5 Å². The molecular weight excluding hydrogens is 252 g/mol. The van der Waals surface area contributed by atoms with Gasteiger partial charge in [0.25, 0.3) is 0 Å². The van der Waals surface area contributed by atoms with E-state index in [0.29, 0.717) is 6.42 Å². The Bertz CT molecular complexity index is 456. The molecule has 1 rings (SSSR count). The minimum atomic E-state index is -0.845. The van der Waals surface area contributed by atoms with Gasteiger partial charge in [-0.1, -0.05) is 25.1 Å². The maximum atomic E-state index is 12.1. The van der Waals surface area contributed by atoms with Crippen LogP contribution in [0.5, 0.6) is 5.75 Å². The molecule has 0 heterocycles. The van der Waals surface area contributed by atoms with Crippen LogP contribution in [-0.2, 0) is 4.79 Å². The van der Waals surface area contributed by atoms with Crippen molar-refractivity contribution in [1.29, 1.82) is 0 Å². The topological polar surface area (TPSA) is 64.4 Å². The van der Waals surface area contributed by atoms with Crippen molar-refractivity contribution < 1.29 is 9.53 Å². The molecule has 3 N–H and O–H groups in total. The van der Waals surface area contributed by atoms with Crippen LogP contribution in [0, 0.1) is 0 Å². The average Bonchev–Trinajstić information content (AvgIpc) is 2.38. The van der Waals surface area contributed by atoms with Crippen molar-refractivity contribution in [3.8, 4) is 5.75 Å². The third kappa shape index (κ3) is 4.23. The summed E-state index contributed by atoms with van der Waals surface area (Å²) in [6, 6.07) is 7.59. The fourth-order valence-electron chi connectivity index (χ4n) is 1.80. The predicted molar refractivity (Wildman–Crippen MR) is 81.6 cm³/mol. The third-order valence-electron chi connectivity index (χ3n) is 3.35. The number of nitrogens with one attached hydrogen (secondary N) is 1. The minimum Gasteiger partial charge on any atom is -0.491 e. The summed E-state index contributed by atoms with van der Waals surface area (Å²) in [6.07, 6.45) is 0.685. The minimum absolute atomic E-state index is 0.0921. The largest absolute Gasteiger partial charge is 0.491 e. The van der Waals surface area contributed by atoms with E-state index in [9.17, 15) is 4.79 Å². The van der Waals surface area contributed by atoms with Gasteiger partial charge in [-0.3, -0.25) is 4.79 Å². The maximum Gasteiger partial charge on any atom is 0.240 e. The van der Waals surface area contributed by atoms with Crippen LogP contribution in [0.15, 0.2) is 24.3 Å². The molecule has 1 aromatic rings. The summed E-state index contributed by atoms with van der Waals surface area (Å²) in [5, 5.41) is 2.96. The number of carbonyl (C=O) groups is 1. The quantitative estimate of drug-likeness (QED) is 0.841. The number of rotatable bonds is 6. The van der Waals surface area contributed by atoms with Crippen molar-refractivity contribution in [2.45, 2.75) is 58.7 Å². The second-order valence-electron chi connectivity index (χ2n) is 5.67. The van der Waals surface area contributed by atoms with Gasteiger partial charge in [-0.15, -0.1) is 0 Å². The van der Waals surface area contributed by atoms with Crippen molar-refractivity contribution >= 4 is 5.91 Å². The van der Waals surface area contributed by atoms with E-state index in [1.807, 2.05) is 52.0 Å². The first-order valence-corrected chi connectivity index (χ1v) is 7.13. The third-order valence-corrected chi connectivity index (χ3v) is 3.35. The van der Waals surface area contributed by atoms with Gasteiger partial charge in [0.1, 0.15) is 5.75 Å². The molecule has 0 aromatic heterocycles. The van der Waals surface area contributed by atoms with E-state index < -0.39 is 5.54 Å². The molecule has 2 atom stereocenters. The molecule has 4 nitrogen and oxygen atoms in total. The summed E-state index contributed by atoms with van der Waals surface area (Å²) >= 11 is 0. The zero-order valence-corrected chi connectivity index (χ0v) is 13.1. The van der Waals surface area contributed by atoms with Crippen molar-refractivity contribution in [3.05, 3.63) is 29.8 Å². The lowest BCUT2D eigenvalue weighted by Crippen LogP contribution is -2.51. The monoisotopic (exact) mass is 278 g/mol. The van der Waals surface area contributed by atoms with E-state index in [-0.39, 0.29) is 18.1 Å². The van der Waals surface area contributed by atoms with Crippen LogP contribution in [0.2, 0.25) is 0 Å². The Kier molecular flexibility index (Phi) is 5.57. The Morgan fingerprint density at radius 1 is 1.35 bits per heavy atom. The van der Waals surface area contributed by atoms with Crippen LogP contribution in [0.25, 0.3) is 0 Å². The summed E-state index contributed by atoms with van der Waals surface area (Å²) in [4.78, 5) is 12.1. The first kappa shape index (κ1) is 16.5. The van der Waals surface area contributed by atoms with Gasteiger partial charge in [-0.25, -0.2) is 0 Å².